The third-order valence-electron chi connectivity index (χ3n) is 6.53. The van der Waals surface area contributed by atoms with E-state index in [-0.39, 0.29) is 0 Å². The second-order valence-corrected chi connectivity index (χ2v) is 6.26. The zero-order valence-corrected chi connectivity index (χ0v) is 7.45. The van der Waals surface area contributed by atoms with E-state index in [1.807, 2.05) is 0 Å². The van der Waals surface area contributed by atoms with Crippen LogP contribution in [0.5, 0.6) is 0 Å². The molecule has 0 aromatic rings. The van der Waals surface area contributed by atoms with Crippen molar-refractivity contribution < 1.29 is 0 Å². The van der Waals surface area contributed by atoms with Gasteiger partial charge in [0.25, 0.3) is 0 Å². The molecule has 0 amide bonds. The topological polar surface area (TPSA) is 0 Å². The summed E-state index contributed by atoms with van der Waals surface area (Å²) in [6, 6.07) is 0. The van der Waals surface area contributed by atoms with Crippen molar-refractivity contribution in [3.05, 3.63) is 0 Å². The quantitative estimate of drug-likeness (QED) is 0.511. The fourth-order valence-electron chi connectivity index (χ4n) is 6.48. The number of hydrogen-bond donors (Lipinski definition) is 0. The Morgan fingerprint density at radius 3 is 1.92 bits per heavy atom. The van der Waals surface area contributed by atoms with Gasteiger partial charge >= 0.3 is 0 Å². The van der Waals surface area contributed by atoms with E-state index in [9.17, 15) is 0 Å². The van der Waals surface area contributed by atoms with Crippen LogP contribution in [-0.2, 0) is 0 Å². The summed E-state index contributed by atoms with van der Waals surface area (Å²) in [5.74, 6) is 9.97. The first-order valence-electron chi connectivity index (χ1n) is 5.93. The van der Waals surface area contributed by atoms with Crippen molar-refractivity contribution in [1.29, 1.82) is 0 Å². The minimum absolute atomic E-state index is 1.22. The third-order valence-corrected chi connectivity index (χ3v) is 6.53. The van der Waals surface area contributed by atoms with Gasteiger partial charge in [0.05, 0.1) is 0 Å². The Bertz CT molecular complexity index is 250. The van der Waals surface area contributed by atoms with Gasteiger partial charge < -0.3 is 0 Å². The summed E-state index contributed by atoms with van der Waals surface area (Å²) in [5, 5.41) is 0. The Balaban J connectivity index is 1.81. The molecule has 6 rings (SSSR count). The maximum atomic E-state index is 1.68. The third kappa shape index (κ3) is 0.352. The van der Waals surface area contributed by atoms with Crippen molar-refractivity contribution in [1.82, 2.24) is 0 Å². The summed E-state index contributed by atoms with van der Waals surface area (Å²) < 4.78 is 0. The standard InChI is InChI=1S/C12H16/c1-5-2-10-8-3-6(5)7-4-11(8)12(10)9(1)7/h5-12H,1-4H2. The molecule has 6 aliphatic carbocycles. The van der Waals surface area contributed by atoms with E-state index in [4.69, 9.17) is 0 Å². The predicted octanol–water partition coefficient (Wildman–Crippen LogP) is 2.54. The summed E-state index contributed by atoms with van der Waals surface area (Å²) in [7, 11) is 0. The van der Waals surface area contributed by atoms with Gasteiger partial charge in [-0.25, -0.2) is 0 Å². The maximum absolute atomic E-state index is 1.68. The molecule has 8 unspecified atom stereocenters. The molecular formula is C12H16. The van der Waals surface area contributed by atoms with Gasteiger partial charge in [-0.15, -0.1) is 0 Å². The van der Waals surface area contributed by atoms with Gasteiger partial charge in [-0.3, -0.25) is 0 Å². The molecule has 0 saturated heterocycles. The van der Waals surface area contributed by atoms with Crippen LogP contribution in [-0.4, -0.2) is 0 Å². The normalized spacial score (nSPS) is 80.0. The SMILES string of the molecule is C1C2C3CC4C2CC2C1C(C3)C42. The van der Waals surface area contributed by atoms with E-state index in [1.165, 1.54) is 47.3 Å². The Kier molecular flexibility index (Phi) is 0.663. The smallest absolute Gasteiger partial charge is 0.0320 e. The van der Waals surface area contributed by atoms with E-state index >= 15 is 0 Å². The maximum Gasteiger partial charge on any atom is -0.0320 e. The van der Waals surface area contributed by atoms with E-state index in [0.717, 1.165) is 0 Å². The zero-order valence-electron chi connectivity index (χ0n) is 7.45. The lowest BCUT2D eigenvalue weighted by Crippen LogP contribution is -2.53. The second kappa shape index (κ2) is 1.40. The highest BCUT2D eigenvalue weighted by atomic mass is 14.8. The van der Waals surface area contributed by atoms with Crippen LogP contribution in [0, 0.1) is 47.3 Å². The molecule has 6 aliphatic rings. The molecule has 0 N–H and O–H groups in total. The van der Waals surface area contributed by atoms with E-state index in [1.54, 1.807) is 25.7 Å². The van der Waals surface area contributed by atoms with Crippen LogP contribution in [0.15, 0.2) is 0 Å². The monoisotopic (exact) mass is 160 g/mol. The van der Waals surface area contributed by atoms with Crippen molar-refractivity contribution >= 4 is 0 Å². The molecule has 0 spiro atoms. The number of rotatable bonds is 0. The van der Waals surface area contributed by atoms with Crippen LogP contribution in [0.4, 0.5) is 0 Å². The first-order chi connectivity index (χ1) is 5.93. The summed E-state index contributed by atoms with van der Waals surface area (Å²) in [6.45, 7) is 0. The molecule has 6 saturated carbocycles. The van der Waals surface area contributed by atoms with Crippen LogP contribution in [0.3, 0.4) is 0 Å². The molecule has 6 fully saturated rings. The number of hydrogen-bond acceptors (Lipinski definition) is 0. The molecule has 8 atom stereocenters. The van der Waals surface area contributed by atoms with E-state index in [2.05, 4.69) is 0 Å². The highest BCUT2D eigenvalue weighted by Crippen LogP contribution is 2.78. The van der Waals surface area contributed by atoms with Crippen molar-refractivity contribution in [3.8, 4) is 0 Å². The van der Waals surface area contributed by atoms with Crippen LogP contribution >= 0.6 is 0 Å². The fourth-order valence-corrected chi connectivity index (χ4v) is 6.48. The zero-order chi connectivity index (χ0) is 7.45. The van der Waals surface area contributed by atoms with Gasteiger partial charge in [0.15, 0.2) is 0 Å². The van der Waals surface area contributed by atoms with Gasteiger partial charge in [0.2, 0.25) is 0 Å². The van der Waals surface area contributed by atoms with Gasteiger partial charge in [-0.2, -0.15) is 0 Å². The van der Waals surface area contributed by atoms with E-state index in [0.29, 0.717) is 0 Å². The molecule has 0 aromatic carbocycles. The van der Waals surface area contributed by atoms with Crippen molar-refractivity contribution in [2.24, 2.45) is 47.3 Å². The van der Waals surface area contributed by atoms with Crippen molar-refractivity contribution in [3.63, 3.8) is 0 Å². The summed E-state index contributed by atoms with van der Waals surface area (Å²) in [4.78, 5) is 0. The molecule has 0 radical (unpaired) electrons. The highest BCUT2D eigenvalue weighted by Gasteiger charge is 2.71. The van der Waals surface area contributed by atoms with Crippen LogP contribution in [0.25, 0.3) is 0 Å². The van der Waals surface area contributed by atoms with Crippen LogP contribution in [0.2, 0.25) is 0 Å². The second-order valence-electron chi connectivity index (χ2n) is 6.26. The minimum atomic E-state index is 1.22. The lowest BCUT2D eigenvalue weighted by molar-refractivity contribution is -0.111. The first kappa shape index (κ1) is 5.67. The molecule has 64 valence electrons. The molecule has 0 heterocycles. The van der Waals surface area contributed by atoms with Crippen molar-refractivity contribution in [2.75, 3.05) is 0 Å². The molecule has 12 heavy (non-hydrogen) atoms. The molecule has 0 aromatic heterocycles. The minimum Gasteiger partial charge on any atom is -0.0467 e. The fraction of sp³-hybridized carbons (Fsp3) is 1.00. The lowest BCUT2D eigenvalue weighted by atomic mass is 9.45. The van der Waals surface area contributed by atoms with Crippen molar-refractivity contribution in [2.45, 2.75) is 25.7 Å². The first-order valence-corrected chi connectivity index (χ1v) is 5.93. The Morgan fingerprint density at radius 2 is 1.08 bits per heavy atom. The average Bonchev–Trinajstić information content (AvgIpc) is 2.46. The predicted molar refractivity (Wildman–Crippen MR) is 46.4 cm³/mol. The Morgan fingerprint density at radius 1 is 0.500 bits per heavy atom. The lowest BCUT2D eigenvalue weighted by Gasteiger charge is -2.59. The average molecular weight is 160 g/mol. The molecule has 7 bridgehead atoms. The Labute approximate surface area is 73.7 Å². The summed E-state index contributed by atoms with van der Waals surface area (Å²) in [6.07, 6.45) is 6.69. The molecule has 0 heteroatoms. The largest absolute Gasteiger partial charge is 0.0467 e. The molecule has 0 nitrogen and oxygen atoms in total. The van der Waals surface area contributed by atoms with E-state index < -0.39 is 0 Å². The van der Waals surface area contributed by atoms with Gasteiger partial charge in [-0.1, -0.05) is 0 Å². The van der Waals surface area contributed by atoms with Gasteiger partial charge in [0, 0.05) is 0 Å². The molecule has 0 aliphatic heterocycles. The van der Waals surface area contributed by atoms with Crippen LogP contribution in [0.1, 0.15) is 25.7 Å². The summed E-state index contributed by atoms with van der Waals surface area (Å²) in [5.41, 5.74) is 0. The van der Waals surface area contributed by atoms with Crippen LogP contribution < -0.4 is 0 Å². The van der Waals surface area contributed by atoms with Gasteiger partial charge in [-0.05, 0) is 73.0 Å². The van der Waals surface area contributed by atoms with Gasteiger partial charge in [0.1, 0.15) is 0 Å². The Hall–Kier alpha value is 0. The molecular weight excluding hydrogens is 144 g/mol. The highest BCUT2D eigenvalue weighted by molar-refractivity contribution is 5.20. The summed E-state index contributed by atoms with van der Waals surface area (Å²) >= 11 is 0.